The Morgan fingerprint density at radius 1 is 1.20 bits per heavy atom. The summed E-state index contributed by atoms with van der Waals surface area (Å²) in [5, 5.41) is 11.3. The van der Waals surface area contributed by atoms with E-state index >= 15 is 0 Å². The molecule has 0 atom stereocenters. The van der Waals surface area contributed by atoms with Crippen molar-refractivity contribution in [2.75, 3.05) is 12.3 Å². The van der Waals surface area contributed by atoms with Crippen LogP contribution in [0, 0.1) is 5.41 Å². The summed E-state index contributed by atoms with van der Waals surface area (Å²) in [6.45, 7) is -0.0633. The number of nitrogens with one attached hydrogen (secondary N) is 1. The zero-order valence-corrected chi connectivity index (χ0v) is 11.8. The summed E-state index contributed by atoms with van der Waals surface area (Å²) in [6, 6.07) is 0. The second kappa shape index (κ2) is 7.19. The number of amides is 1. The van der Waals surface area contributed by atoms with Gasteiger partial charge in [0.15, 0.2) is 0 Å². The molecule has 0 unspecified atom stereocenters. The van der Waals surface area contributed by atoms with E-state index in [0.717, 1.165) is 12.8 Å². The predicted molar refractivity (Wildman–Crippen MR) is 69.3 cm³/mol. The molecule has 1 aliphatic carbocycles. The summed E-state index contributed by atoms with van der Waals surface area (Å²) in [4.78, 5) is 22.6. The number of carboxylic acids is 1. The normalized spacial score (nSPS) is 17.9. The zero-order valence-electron chi connectivity index (χ0n) is 11.0. The van der Waals surface area contributed by atoms with E-state index in [2.05, 4.69) is 5.32 Å². The van der Waals surface area contributed by atoms with Crippen molar-refractivity contribution in [2.45, 2.75) is 44.0 Å². The molecule has 0 aromatic heterocycles. The minimum atomic E-state index is -4.29. The summed E-state index contributed by atoms with van der Waals surface area (Å²) in [5.41, 5.74) is -4.81. The van der Waals surface area contributed by atoms with E-state index in [9.17, 15) is 22.8 Å². The number of carboxylic acid groups (broad SMARTS) is 1. The van der Waals surface area contributed by atoms with E-state index in [1.807, 2.05) is 0 Å². The average Bonchev–Trinajstić information content (AvgIpc) is 2.70. The molecule has 0 heterocycles. The van der Waals surface area contributed by atoms with Gasteiger partial charge < -0.3 is 10.4 Å². The van der Waals surface area contributed by atoms with Crippen LogP contribution in [0.1, 0.15) is 38.5 Å². The molecule has 8 heteroatoms. The Bertz CT molecular complexity index is 354. The van der Waals surface area contributed by atoms with E-state index in [-0.39, 0.29) is 42.8 Å². The molecule has 1 amide bonds. The van der Waals surface area contributed by atoms with E-state index in [1.165, 1.54) is 0 Å². The van der Waals surface area contributed by atoms with Gasteiger partial charge in [0.25, 0.3) is 0 Å². The number of carbonyl (C=O) groups is 2. The summed E-state index contributed by atoms with van der Waals surface area (Å²) < 4.78 is 35.7. The standard InChI is InChI=1S/C12H18F3NO3S/c13-12(14,15)20-6-5-16-9(17)7-11(8-10(18)19)3-1-2-4-11/h1-8H2,(H,16,17)(H,18,19). The average molecular weight is 313 g/mol. The summed E-state index contributed by atoms with van der Waals surface area (Å²) in [7, 11) is 0. The second-order valence-corrected chi connectivity index (χ2v) is 6.26. The van der Waals surface area contributed by atoms with Gasteiger partial charge in [0.1, 0.15) is 0 Å². The Kier molecular flexibility index (Phi) is 6.16. The topological polar surface area (TPSA) is 66.4 Å². The van der Waals surface area contributed by atoms with Crippen molar-refractivity contribution in [1.29, 1.82) is 0 Å². The second-order valence-electron chi connectivity index (χ2n) is 5.10. The highest BCUT2D eigenvalue weighted by Crippen LogP contribution is 2.44. The van der Waals surface area contributed by atoms with Gasteiger partial charge >= 0.3 is 11.5 Å². The molecule has 1 aliphatic rings. The van der Waals surface area contributed by atoms with Crippen molar-refractivity contribution >= 4 is 23.6 Å². The van der Waals surface area contributed by atoms with Gasteiger partial charge in [0.05, 0.1) is 6.42 Å². The van der Waals surface area contributed by atoms with Crippen molar-refractivity contribution in [3.8, 4) is 0 Å². The lowest BCUT2D eigenvalue weighted by atomic mass is 9.79. The van der Waals surface area contributed by atoms with Crippen molar-refractivity contribution in [3.63, 3.8) is 0 Å². The maximum absolute atomic E-state index is 11.9. The fourth-order valence-corrected chi connectivity index (χ4v) is 3.06. The quantitative estimate of drug-likeness (QED) is 0.709. The van der Waals surface area contributed by atoms with E-state index < -0.39 is 16.9 Å². The molecule has 4 nitrogen and oxygen atoms in total. The first-order chi connectivity index (χ1) is 9.22. The Balaban J connectivity index is 2.34. The molecule has 0 saturated heterocycles. The van der Waals surface area contributed by atoms with Crippen molar-refractivity contribution < 1.29 is 27.9 Å². The fraction of sp³-hybridized carbons (Fsp3) is 0.833. The molecule has 0 aromatic carbocycles. The number of hydrogen-bond donors (Lipinski definition) is 2. The van der Waals surface area contributed by atoms with Crippen molar-refractivity contribution in [3.05, 3.63) is 0 Å². The van der Waals surface area contributed by atoms with Gasteiger partial charge in [-0.1, -0.05) is 12.8 Å². The molecule has 1 fully saturated rings. The number of alkyl halides is 3. The summed E-state index contributed by atoms with van der Waals surface area (Å²) in [6.07, 6.45) is 3.18. The maximum atomic E-state index is 11.9. The van der Waals surface area contributed by atoms with Gasteiger partial charge in [0.2, 0.25) is 5.91 Å². The molecule has 1 saturated carbocycles. The van der Waals surface area contributed by atoms with Crippen LogP contribution in [0.3, 0.4) is 0 Å². The monoisotopic (exact) mass is 313 g/mol. The molecule has 2 N–H and O–H groups in total. The largest absolute Gasteiger partial charge is 0.481 e. The molecule has 116 valence electrons. The first-order valence-corrected chi connectivity index (χ1v) is 7.40. The first-order valence-electron chi connectivity index (χ1n) is 6.42. The van der Waals surface area contributed by atoms with Crippen LogP contribution >= 0.6 is 11.8 Å². The number of hydrogen-bond acceptors (Lipinski definition) is 3. The highest BCUT2D eigenvalue weighted by molar-refractivity contribution is 8.00. The Morgan fingerprint density at radius 2 is 1.80 bits per heavy atom. The zero-order chi connectivity index (χ0) is 15.2. The Morgan fingerprint density at radius 3 is 2.30 bits per heavy atom. The molecule has 0 bridgehead atoms. The molecular weight excluding hydrogens is 295 g/mol. The smallest absolute Gasteiger partial charge is 0.441 e. The number of aliphatic carboxylic acids is 1. The van der Waals surface area contributed by atoms with Crippen LogP contribution in [0.4, 0.5) is 13.2 Å². The van der Waals surface area contributed by atoms with Crippen LogP contribution in [0.25, 0.3) is 0 Å². The van der Waals surface area contributed by atoms with Crippen LogP contribution in [0.5, 0.6) is 0 Å². The van der Waals surface area contributed by atoms with Crippen LogP contribution in [0.15, 0.2) is 0 Å². The van der Waals surface area contributed by atoms with Gasteiger partial charge in [-0.2, -0.15) is 13.2 Å². The minimum Gasteiger partial charge on any atom is -0.481 e. The third-order valence-corrected chi connectivity index (χ3v) is 4.15. The maximum Gasteiger partial charge on any atom is 0.441 e. The van der Waals surface area contributed by atoms with Crippen LogP contribution in [-0.4, -0.2) is 34.8 Å². The number of rotatable bonds is 7. The SMILES string of the molecule is O=C(O)CC1(CC(=O)NCCSC(F)(F)F)CCCC1. The van der Waals surface area contributed by atoms with Gasteiger partial charge in [0, 0.05) is 18.7 Å². The van der Waals surface area contributed by atoms with Gasteiger partial charge in [-0.15, -0.1) is 0 Å². The van der Waals surface area contributed by atoms with Crippen molar-refractivity contribution in [1.82, 2.24) is 5.32 Å². The third kappa shape index (κ3) is 6.49. The molecule has 0 aromatic rings. The lowest BCUT2D eigenvalue weighted by Gasteiger charge is -2.26. The van der Waals surface area contributed by atoms with E-state index in [0.29, 0.717) is 12.8 Å². The predicted octanol–water partition coefficient (Wildman–Crippen LogP) is 2.78. The molecule has 0 aliphatic heterocycles. The first kappa shape index (κ1) is 17.1. The molecular formula is C12H18F3NO3S. The molecule has 0 spiro atoms. The lowest BCUT2D eigenvalue weighted by Crippen LogP contribution is -2.33. The highest BCUT2D eigenvalue weighted by Gasteiger charge is 2.38. The Hall–Kier alpha value is -0.920. The Labute approximate surface area is 119 Å². The van der Waals surface area contributed by atoms with Crippen LogP contribution in [0.2, 0.25) is 0 Å². The van der Waals surface area contributed by atoms with Gasteiger partial charge in [-0.25, -0.2) is 0 Å². The summed E-state index contributed by atoms with van der Waals surface area (Å²) >= 11 is -0.181. The third-order valence-electron chi connectivity index (χ3n) is 3.42. The van der Waals surface area contributed by atoms with Crippen LogP contribution in [-0.2, 0) is 9.59 Å². The number of halogens is 3. The molecule has 1 rings (SSSR count). The van der Waals surface area contributed by atoms with Gasteiger partial charge in [-0.3, -0.25) is 9.59 Å². The summed E-state index contributed by atoms with van der Waals surface area (Å²) in [5.74, 6) is -1.54. The number of carbonyl (C=O) groups excluding carboxylic acids is 1. The van der Waals surface area contributed by atoms with E-state index in [4.69, 9.17) is 5.11 Å². The highest BCUT2D eigenvalue weighted by atomic mass is 32.2. The number of thioether (sulfide) groups is 1. The van der Waals surface area contributed by atoms with E-state index in [1.54, 1.807) is 0 Å². The minimum absolute atomic E-state index is 0.0578. The lowest BCUT2D eigenvalue weighted by molar-refractivity contribution is -0.140. The molecule has 20 heavy (non-hydrogen) atoms. The van der Waals surface area contributed by atoms with Crippen molar-refractivity contribution in [2.24, 2.45) is 5.41 Å². The van der Waals surface area contributed by atoms with Gasteiger partial charge in [-0.05, 0) is 30.0 Å². The fourth-order valence-electron chi connectivity index (χ4n) is 2.62. The van der Waals surface area contributed by atoms with Crippen LogP contribution < -0.4 is 5.32 Å². The molecule has 0 radical (unpaired) electrons.